The number of methoxy groups -OCH3 is 1. The van der Waals surface area contributed by atoms with Gasteiger partial charge < -0.3 is 4.74 Å². The summed E-state index contributed by atoms with van der Waals surface area (Å²) >= 11 is 3.81. The SMILES string of the molecule is CCc1ccc(C(Br)c2cc(C)c(OC)c(C)c2)cc1. The predicted molar refractivity (Wildman–Crippen MR) is 89.1 cm³/mol. The van der Waals surface area contributed by atoms with Crippen LogP contribution in [0.3, 0.4) is 0 Å². The maximum absolute atomic E-state index is 5.43. The average molecular weight is 333 g/mol. The second-order valence-corrected chi connectivity index (χ2v) is 6.06. The first kappa shape index (κ1) is 15.1. The molecule has 2 heteroatoms. The number of ether oxygens (including phenoxy) is 1. The lowest BCUT2D eigenvalue weighted by Gasteiger charge is -2.16. The van der Waals surface area contributed by atoms with Crippen LogP contribution in [-0.4, -0.2) is 7.11 Å². The second kappa shape index (κ2) is 6.45. The van der Waals surface area contributed by atoms with Crippen molar-refractivity contribution >= 4 is 15.9 Å². The molecule has 0 aliphatic heterocycles. The number of halogens is 1. The monoisotopic (exact) mass is 332 g/mol. The molecule has 0 amide bonds. The molecule has 0 spiro atoms. The van der Waals surface area contributed by atoms with Crippen LogP contribution in [0.25, 0.3) is 0 Å². The molecule has 0 saturated heterocycles. The van der Waals surface area contributed by atoms with Gasteiger partial charge in [-0.1, -0.05) is 59.3 Å². The van der Waals surface area contributed by atoms with Gasteiger partial charge in [0.25, 0.3) is 0 Å². The Hall–Kier alpha value is -1.28. The van der Waals surface area contributed by atoms with Crippen LogP contribution < -0.4 is 4.74 Å². The number of hydrogen-bond acceptors (Lipinski definition) is 1. The van der Waals surface area contributed by atoms with Crippen LogP contribution in [0.4, 0.5) is 0 Å². The van der Waals surface area contributed by atoms with Crippen molar-refractivity contribution < 1.29 is 4.74 Å². The van der Waals surface area contributed by atoms with E-state index >= 15 is 0 Å². The van der Waals surface area contributed by atoms with E-state index in [9.17, 15) is 0 Å². The topological polar surface area (TPSA) is 9.23 Å². The Morgan fingerprint density at radius 3 is 2.00 bits per heavy atom. The van der Waals surface area contributed by atoms with E-state index in [0.29, 0.717) is 0 Å². The van der Waals surface area contributed by atoms with E-state index in [-0.39, 0.29) is 4.83 Å². The molecule has 0 N–H and O–H groups in total. The van der Waals surface area contributed by atoms with Gasteiger partial charge in [0.15, 0.2) is 0 Å². The van der Waals surface area contributed by atoms with Crippen molar-refractivity contribution in [1.82, 2.24) is 0 Å². The zero-order valence-corrected chi connectivity index (χ0v) is 14.1. The predicted octanol–water partition coefficient (Wildman–Crippen LogP) is 5.36. The maximum atomic E-state index is 5.43. The van der Waals surface area contributed by atoms with Crippen LogP contribution in [0, 0.1) is 13.8 Å². The summed E-state index contributed by atoms with van der Waals surface area (Å²) in [4.78, 5) is 0.219. The molecule has 0 heterocycles. The lowest BCUT2D eigenvalue weighted by atomic mass is 9.98. The quantitative estimate of drug-likeness (QED) is 0.685. The van der Waals surface area contributed by atoms with Crippen molar-refractivity contribution in [2.45, 2.75) is 32.0 Å². The highest BCUT2D eigenvalue weighted by atomic mass is 79.9. The zero-order valence-electron chi connectivity index (χ0n) is 12.5. The first-order valence-corrected chi connectivity index (χ1v) is 7.86. The van der Waals surface area contributed by atoms with Crippen molar-refractivity contribution in [3.63, 3.8) is 0 Å². The third-order valence-corrected chi connectivity index (χ3v) is 4.72. The van der Waals surface area contributed by atoms with E-state index in [1.165, 1.54) is 27.8 Å². The molecule has 0 aliphatic carbocycles. The lowest BCUT2D eigenvalue weighted by Crippen LogP contribution is -1.98. The van der Waals surface area contributed by atoms with Crippen LogP contribution in [0.15, 0.2) is 36.4 Å². The highest BCUT2D eigenvalue weighted by Crippen LogP contribution is 2.35. The number of rotatable bonds is 4. The molecule has 2 aromatic rings. The van der Waals surface area contributed by atoms with Crippen LogP contribution in [-0.2, 0) is 6.42 Å². The molecule has 1 unspecified atom stereocenters. The number of aryl methyl sites for hydroxylation is 3. The van der Waals surface area contributed by atoms with Gasteiger partial charge in [-0.05, 0) is 48.1 Å². The van der Waals surface area contributed by atoms with E-state index in [1.807, 2.05) is 0 Å². The molecule has 2 aromatic carbocycles. The van der Waals surface area contributed by atoms with Gasteiger partial charge in [0, 0.05) is 0 Å². The van der Waals surface area contributed by atoms with Gasteiger partial charge in [-0.2, -0.15) is 0 Å². The van der Waals surface area contributed by atoms with Crippen molar-refractivity contribution in [2.75, 3.05) is 7.11 Å². The first-order chi connectivity index (χ1) is 9.56. The summed E-state index contributed by atoms with van der Waals surface area (Å²) in [7, 11) is 1.73. The number of hydrogen-bond donors (Lipinski definition) is 0. The van der Waals surface area contributed by atoms with Crippen LogP contribution in [0.2, 0.25) is 0 Å². The van der Waals surface area contributed by atoms with Crippen LogP contribution >= 0.6 is 15.9 Å². The molecule has 0 saturated carbocycles. The summed E-state index contributed by atoms with van der Waals surface area (Å²) in [5, 5.41) is 0. The first-order valence-electron chi connectivity index (χ1n) is 6.94. The molecular formula is C18H21BrO. The summed E-state index contributed by atoms with van der Waals surface area (Å²) in [6.45, 7) is 6.36. The van der Waals surface area contributed by atoms with Crippen molar-refractivity contribution in [1.29, 1.82) is 0 Å². The van der Waals surface area contributed by atoms with Gasteiger partial charge in [0.05, 0.1) is 11.9 Å². The highest BCUT2D eigenvalue weighted by molar-refractivity contribution is 9.09. The molecule has 20 heavy (non-hydrogen) atoms. The summed E-state index contributed by atoms with van der Waals surface area (Å²) in [5.74, 6) is 0.981. The summed E-state index contributed by atoms with van der Waals surface area (Å²) in [6.07, 6.45) is 1.08. The van der Waals surface area contributed by atoms with Gasteiger partial charge in [0.2, 0.25) is 0 Å². The Labute approximate surface area is 130 Å². The minimum atomic E-state index is 0.219. The van der Waals surface area contributed by atoms with E-state index in [2.05, 4.69) is 73.1 Å². The molecule has 106 valence electrons. The van der Waals surface area contributed by atoms with Crippen LogP contribution in [0.5, 0.6) is 5.75 Å². The van der Waals surface area contributed by atoms with Crippen molar-refractivity contribution in [3.05, 3.63) is 64.2 Å². The van der Waals surface area contributed by atoms with Crippen molar-refractivity contribution in [2.24, 2.45) is 0 Å². The molecule has 1 atom stereocenters. The Morgan fingerprint density at radius 1 is 1.00 bits per heavy atom. The third kappa shape index (κ3) is 3.06. The van der Waals surface area contributed by atoms with E-state index in [0.717, 1.165) is 12.2 Å². The fourth-order valence-electron chi connectivity index (χ4n) is 2.57. The smallest absolute Gasteiger partial charge is 0.124 e. The minimum Gasteiger partial charge on any atom is -0.496 e. The summed E-state index contributed by atoms with van der Waals surface area (Å²) in [5.41, 5.74) is 6.28. The fraction of sp³-hybridized carbons (Fsp3) is 0.333. The largest absolute Gasteiger partial charge is 0.496 e. The molecule has 0 aromatic heterocycles. The number of benzene rings is 2. The molecule has 0 aliphatic rings. The van der Waals surface area contributed by atoms with Crippen LogP contribution in [0.1, 0.15) is 39.6 Å². The van der Waals surface area contributed by atoms with E-state index in [1.54, 1.807) is 7.11 Å². The summed E-state index contributed by atoms with van der Waals surface area (Å²) < 4.78 is 5.43. The van der Waals surface area contributed by atoms with Gasteiger partial charge in [-0.15, -0.1) is 0 Å². The zero-order chi connectivity index (χ0) is 14.7. The number of alkyl halides is 1. The normalized spacial score (nSPS) is 12.2. The Bertz CT molecular complexity index is 564. The Balaban J connectivity index is 2.34. The van der Waals surface area contributed by atoms with Gasteiger partial charge in [-0.25, -0.2) is 0 Å². The van der Waals surface area contributed by atoms with E-state index in [4.69, 9.17) is 4.74 Å². The molecule has 1 nitrogen and oxygen atoms in total. The van der Waals surface area contributed by atoms with Gasteiger partial charge in [-0.3, -0.25) is 0 Å². The lowest BCUT2D eigenvalue weighted by molar-refractivity contribution is 0.408. The third-order valence-electron chi connectivity index (χ3n) is 3.66. The van der Waals surface area contributed by atoms with Gasteiger partial charge >= 0.3 is 0 Å². The van der Waals surface area contributed by atoms with Gasteiger partial charge in [0.1, 0.15) is 5.75 Å². The average Bonchev–Trinajstić information content (AvgIpc) is 2.46. The Morgan fingerprint density at radius 2 is 1.55 bits per heavy atom. The van der Waals surface area contributed by atoms with Crippen molar-refractivity contribution in [3.8, 4) is 5.75 Å². The highest BCUT2D eigenvalue weighted by Gasteiger charge is 2.13. The minimum absolute atomic E-state index is 0.219. The maximum Gasteiger partial charge on any atom is 0.124 e. The molecule has 0 radical (unpaired) electrons. The Kier molecular flexibility index (Phi) is 4.87. The molecular weight excluding hydrogens is 312 g/mol. The molecule has 0 fully saturated rings. The summed E-state index contributed by atoms with van der Waals surface area (Å²) in [6, 6.07) is 13.2. The standard InChI is InChI=1S/C18H21BrO/c1-5-14-6-8-15(9-7-14)17(19)16-10-12(2)18(20-4)13(3)11-16/h6-11,17H,5H2,1-4H3. The fourth-order valence-corrected chi connectivity index (χ4v) is 3.14. The molecule has 2 rings (SSSR count). The van der Waals surface area contributed by atoms with E-state index < -0.39 is 0 Å². The second-order valence-electron chi connectivity index (χ2n) is 5.15. The molecule has 0 bridgehead atoms.